The number of hydrogen-bond acceptors (Lipinski definition) is 4. The zero-order valence-corrected chi connectivity index (χ0v) is 12.4. The first-order chi connectivity index (χ1) is 10.5. The van der Waals surface area contributed by atoms with E-state index in [-0.39, 0.29) is 22.8 Å². The molecule has 1 amide bonds. The Labute approximate surface area is 126 Å². The lowest BCUT2D eigenvalue weighted by molar-refractivity contribution is 0.0952. The molecule has 1 aromatic heterocycles. The van der Waals surface area contributed by atoms with Crippen molar-refractivity contribution in [1.82, 2.24) is 15.4 Å². The van der Waals surface area contributed by atoms with Crippen LogP contribution in [0.3, 0.4) is 0 Å². The molecule has 0 saturated carbocycles. The molecular weight excluding hydrogens is 292 g/mol. The molecule has 1 heterocycles. The minimum absolute atomic E-state index is 0.115. The molecule has 7 heteroatoms. The first kappa shape index (κ1) is 16.1. The summed E-state index contributed by atoms with van der Waals surface area (Å²) in [6.45, 7) is 1.35. The Morgan fingerprint density at radius 2 is 2.09 bits per heavy atom. The summed E-state index contributed by atoms with van der Waals surface area (Å²) >= 11 is 0. The fourth-order valence-corrected chi connectivity index (χ4v) is 1.94. The minimum Gasteiger partial charge on any atom is -0.355 e. The number of amides is 1. The summed E-state index contributed by atoms with van der Waals surface area (Å²) in [5, 5.41) is 6.31. The first-order valence-corrected chi connectivity index (χ1v) is 6.82. The summed E-state index contributed by atoms with van der Waals surface area (Å²) in [5.74, 6) is -2.21. The van der Waals surface area contributed by atoms with Crippen LogP contribution in [0.2, 0.25) is 0 Å². The molecule has 0 aliphatic heterocycles. The van der Waals surface area contributed by atoms with Gasteiger partial charge in [-0.2, -0.15) is 0 Å². The van der Waals surface area contributed by atoms with Crippen LogP contribution in [-0.2, 0) is 0 Å². The number of carbonyl (C=O) groups excluding carboxylic acids is 1. The molecule has 0 bridgehead atoms. The SMILES string of the molecule is CN(C)CCCNC(=O)c1cnoc1-c1ccc(F)c(F)c1. The number of nitrogens with one attached hydrogen (secondary N) is 1. The molecule has 0 aliphatic carbocycles. The molecule has 0 spiro atoms. The molecule has 0 fully saturated rings. The van der Waals surface area contributed by atoms with Crippen molar-refractivity contribution >= 4 is 5.91 Å². The lowest BCUT2D eigenvalue weighted by atomic mass is 10.1. The molecule has 118 valence electrons. The van der Waals surface area contributed by atoms with Crippen molar-refractivity contribution in [3.63, 3.8) is 0 Å². The van der Waals surface area contributed by atoms with E-state index >= 15 is 0 Å². The van der Waals surface area contributed by atoms with Gasteiger partial charge < -0.3 is 14.7 Å². The maximum atomic E-state index is 13.3. The predicted molar refractivity (Wildman–Crippen MR) is 77.4 cm³/mol. The molecule has 0 atom stereocenters. The van der Waals surface area contributed by atoms with E-state index in [0.29, 0.717) is 6.54 Å². The molecule has 0 aliphatic rings. The molecule has 0 saturated heterocycles. The molecular formula is C15H17F2N3O2. The van der Waals surface area contributed by atoms with Crippen LogP contribution in [0, 0.1) is 11.6 Å². The highest BCUT2D eigenvalue weighted by atomic mass is 19.2. The number of rotatable bonds is 6. The van der Waals surface area contributed by atoms with E-state index < -0.39 is 11.6 Å². The normalized spacial score (nSPS) is 11.0. The zero-order chi connectivity index (χ0) is 16.1. The Bertz CT molecular complexity index is 656. The molecule has 0 radical (unpaired) electrons. The second-order valence-corrected chi connectivity index (χ2v) is 5.11. The summed E-state index contributed by atoms with van der Waals surface area (Å²) in [5.41, 5.74) is 0.450. The van der Waals surface area contributed by atoms with Gasteiger partial charge in [-0.05, 0) is 45.3 Å². The highest BCUT2D eigenvalue weighted by Crippen LogP contribution is 2.25. The summed E-state index contributed by atoms with van der Waals surface area (Å²) in [6.07, 6.45) is 2.06. The Morgan fingerprint density at radius 3 is 2.77 bits per heavy atom. The summed E-state index contributed by atoms with van der Waals surface area (Å²) in [7, 11) is 3.89. The highest BCUT2D eigenvalue weighted by molar-refractivity contribution is 5.99. The van der Waals surface area contributed by atoms with Gasteiger partial charge in [0.05, 0.1) is 6.20 Å². The monoisotopic (exact) mass is 309 g/mol. The van der Waals surface area contributed by atoms with Gasteiger partial charge in [-0.25, -0.2) is 8.78 Å². The maximum Gasteiger partial charge on any atom is 0.256 e. The van der Waals surface area contributed by atoms with Crippen LogP contribution >= 0.6 is 0 Å². The van der Waals surface area contributed by atoms with Crippen LogP contribution in [-0.4, -0.2) is 43.1 Å². The van der Waals surface area contributed by atoms with Crippen LogP contribution in [0.4, 0.5) is 8.78 Å². The van der Waals surface area contributed by atoms with Gasteiger partial charge in [0.2, 0.25) is 0 Å². The Morgan fingerprint density at radius 1 is 1.32 bits per heavy atom. The number of halogens is 2. The largest absolute Gasteiger partial charge is 0.355 e. The van der Waals surface area contributed by atoms with Crippen LogP contribution in [0.5, 0.6) is 0 Å². The van der Waals surface area contributed by atoms with Crippen molar-refractivity contribution in [2.75, 3.05) is 27.2 Å². The Hall–Kier alpha value is -2.28. The molecule has 22 heavy (non-hydrogen) atoms. The van der Waals surface area contributed by atoms with Crippen molar-refractivity contribution < 1.29 is 18.1 Å². The van der Waals surface area contributed by atoms with E-state index in [4.69, 9.17) is 4.52 Å². The quantitative estimate of drug-likeness (QED) is 0.832. The number of hydrogen-bond donors (Lipinski definition) is 1. The number of carbonyl (C=O) groups is 1. The van der Waals surface area contributed by atoms with Gasteiger partial charge in [0.25, 0.3) is 5.91 Å². The van der Waals surface area contributed by atoms with E-state index in [1.165, 1.54) is 12.3 Å². The Balaban J connectivity index is 2.08. The maximum absolute atomic E-state index is 13.3. The Kier molecular flexibility index (Phi) is 5.21. The third-order valence-corrected chi connectivity index (χ3v) is 3.06. The standard InChI is InChI=1S/C15H17F2N3O2/c1-20(2)7-3-6-18-15(21)11-9-19-22-14(11)10-4-5-12(16)13(17)8-10/h4-5,8-9H,3,6-7H2,1-2H3,(H,18,21). The van der Waals surface area contributed by atoms with Gasteiger partial charge in [-0.3, -0.25) is 4.79 Å². The van der Waals surface area contributed by atoms with Crippen LogP contribution in [0.25, 0.3) is 11.3 Å². The summed E-state index contributed by atoms with van der Waals surface area (Å²) < 4.78 is 31.3. The van der Waals surface area contributed by atoms with Gasteiger partial charge in [-0.15, -0.1) is 0 Å². The van der Waals surface area contributed by atoms with Gasteiger partial charge in [0, 0.05) is 12.1 Å². The molecule has 2 rings (SSSR count). The van der Waals surface area contributed by atoms with Crippen molar-refractivity contribution in [3.8, 4) is 11.3 Å². The van der Waals surface area contributed by atoms with Gasteiger partial charge >= 0.3 is 0 Å². The van der Waals surface area contributed by atoms with E-state index in [9.17, 15) is 13.6 Å². The van der Waals surface area contributed by atoms with Crippen LogP contribution in [0.1, 0.15) is 16.8 Å². The van der Waals surface area contributed by atoms with Gasteiger partial charge in [-0.1, -0.05) is 5.16 Å². The predicted octanol–water partition coefficient (Wildman–Crippen LogP) is 2.30. The fraction of sp³-hybridized carbons (Fsp3) is 0.333. The van der Waals surface area contributed by atoms with Crippen molar-refractivity contribution in [2.24, 2.45) is 0 Å². The summed E-state index contributed by atoms with van der Waals surface area (Å²) in [6, 6.07) is 3.28. The van der Waals surface area contributed by atoms with Crippen LogP contribution < -0.4 is 5.32 Å². The first-order valence-electron chi connectivity index (χ1n) is 6.82. The fourth-order valence-electron chi connectivity index (χ4n) is 1.94. The number of benzene rings is 1. The summed E-state index contributed by atoms with van der Waals surface area (Å²) in [4.78, 5) is 14.1. The minimum atomic E-state index is -1.01. The van der Waals surface area contributed by atoms with Gasteiger partial charge in [0.15, 0.2) is 17.4 Å². The molecule has 2 aromatic rings. The van der Waals surface area contributed by atoms with E-state index in [0.717, 1.165) is 25.1 Å². The lowest BCUT2D eigenvalue weighted by Crippen LogP contribution is -2.27. The second kappa shape index (κ2) is 7.13. The smallest absolute Gasteiger partial charge is 0.256 e. The topological polar surface area (TPSA) is 58.4 Å². The van der Waals surface area contributed by atoms with Crippen molar-refractivity contribution in [3.05, 3.63) is 41.6 Å². The van der Waals surface area contributed by atoms with Crippen molar-refractivity contribution in [1.29, 1.82) is 0 Å². The average molecular weight is 309 g/mol. The van der Waals surface area contributed by atoms with Crippen molar-refractivity contribution in [2.45, 2.75) is 6.42 Å². The van der Waals surface area contributed by atoms with E-state index in [1.54, 1.807) is 0 Å². The molecule has 5 nitrogen and oxygen atoms in total. The highest BCUT2D eigenvalue weighted by Gasteiger charge is 2.18. The molecule has 1 aromatic carbocycles. The second-order valence-electron chi connectivity index (χ2n) is 5.11. The third kappa shape index (κ3) is 3.88. The van der Waals surface area contributed by atoms with E-state index in [2.05, 4.69) is 10.5 Å². The lowest BCUT2D eigenvalue weighted by Gasteiger charge is -2.09. The van der Waals surface area contributed by atoms with E-state index in [1.807, 2.05) is 19.0 Å². The van der Waals surface area contributed by atoms with Crippen LogP contribution in [0.15, 0.2) is 28.9 Å². The number of aromatic nitrogens is 1. The zero-order valence-electron chi connectivity index (χ0n) is 12.4. The number of nitrogens with zero attached hydrogens (tertiary/aromatic N) is 2. The molecule has 0 unspecified atom stereocenters. The average Bonchev–Trinajstić information content (AvgIpc) is 2.95. The third-order valence-electron chi connectivity index (χ3n) is 3.06. The molecule has 1 N–H and O–H groups in total. The van der Waals surface area contributed by atoms with Gasteiger partial charge in [0.1, 0.15) is 5.56 Å².